The van der Waals surface area contributed by atoms with Crippen LogP contribution in [0, 0.1) is 0 Å². The Hall–Kier alpha value is -3.63. The van der Waals surface area contributed by atoms with Gasteiger partial charge in [0.05, 0.1) is 28.0 Å². The molecule has 10 heteroatoms. The summed E-state index contributed by atoms with van der Waals surface area (Å²) >= 11 is 1.61. The highest BCUT2D eigenvalue weighted by atomic mass is 32.1. The highest BCUT2D eigenvalue weighted by Gasteiger charge is 2.18. The molecule has 37 heavy (non-hydrogen) atoms. The van der Waals surface area contributed by atoms with Gasteiger partial charge in [-0.05, 0) is 63.0 Å². The van der Waals surface area contributed by atoms with E-state index in [4.69, 9.17) is 4.98 Å². The quantitative estimate of drug-likeness (QED) is 0.259. The number of thiophene rings is 1. The summed E-state index contributed by atoms with van der Waals surface area (Å²) in [5.74, 6) is 0.308. The van der Waals surface area contributed by atoms with Gasteiger partial charge in [0, 0.05) is 30.8 Å². The third kappa shape index (κ3) is 6.20. The Morgan fingerprint density at radius 2 is 1.92 bits per heavy atom. The summed E-state index contributed by atoms with van der Waals surface area (Å²) in [5, 5.41) is 11.9. The van der Waals surface area contributed by atoms with Gasteiger partial charge in [0.2, 0.25) is 0 Å². The molecular formula is C27H33N7O2S. The number of hydrogen-bond donors (Lipinski definition) is 2. The zero-order valence-corrected chi connectivity index (χ0v) is 22.5. The molecule has 0 bridgehead atoms. The van der Waals surface area contributed by atoms with E-state index in [0.717, 1.165) is 30.1 Å². The van der Waals surface area contributed by atoms with Gasteiger partial charge in [-0.25, -0.2) is 19.3 Å². The molecular weight excluding hydrogens is 486 g/mol. The first kappa shape index (κ1) is 26.4. The van der Waals surface area contributed by atoms with E-state index in [0.29, 0.717) is 47.3 Å². The van der Waals surface area contributed by atoms with Crippen molar-refractivity contribution in [3.63, 3.8) is 0 Å². The molecule has 4 aromatic heterocycles. The number of hydrogen-bond acceptors (Lipinski definition) is 7. The number of carbonyl (C=O) groups excluding carboxylic acids is 2. The number of urea groups is 1. The van der Waals surface area contributed by atoms with E-state index in [1.165, 1.54) is 0 Å². The van der Waals surface area contributed by atoms with Crippen LogP contribution in [-0.2, 0) is 0 Å². The number of pyridine rings is 1. The lowest BCUT2D eigenvalue weighted by molar-refractivity contribution is 0.0964. The second kappa shape index (κ2) is 12.1. The van der Waals surface area contributed by atoms with Crippen LogP contribution in [0.1, 0.15) is 50.9 Å². The third-order valence-corrected chi connectivity index (χ3v) is 7.26. The largest absolute Gasteiger partial charge is 0.338 e. The van der Waals surface area contributed by atoms with E-state index in [2.05, 4.69) is 46.4 Å². The fourth-order valence-corrected chi connectivity index (χ4v) is 5.03. The molecule has 4 aromatic rings. The van der Waals surface area contributed by atoms with E-state index in [-0.39, 0.29) is 11.8 Å². The normalized spacial score (nSPS) is 12.1. The Bertz CT molecular complexity index is 1360. The SMILES string of the molecule is CCNC(=O)Nc1cc(C(=O)CC[C@H](C)N(CC)CC)cc(-c2cnn3ccc(-c4cccs4)nc23)n1. The minimum absolute atomic E-state index is 0.00492. The molecule has 4 heterocycles. The molecule has 0 aliphatic heterocycles. The summed E-state index contributed by atoms with van der Waals surface area (Å²) in [4.78, 5) is 38.4. The molecule has 9 nitrogen and oxygen atoms in total. The number of Topliss-reactive ketones (excluding diaryl/α,β-unsaturated/α-hetero) is 1. The van der Waals surface area contributed by atoms with Gasteiger partial charge in [-0.1, -0.05) is 19.9 Å². The number of carbonyl (C=O) groups is 2. The molecule has 0 spiro atoms. The van der Waals surface area contributed by atoms with Gasteiger partial charge < -0.3 is 10.2 Å². The molecule has 1 atom stereocenters. The maximum Gasteiger partial charge on any atom is 0.320 e. The van der Waals surface area contributed by atoms with Crippen LogP contribution in [0.5, 0.6) is 0 Å². The summed E-state index contributed by atoms with van der Waals surface area (Å²) in [6, 6.07) is 9.25. The lowest BCUT2D eigenvalue weighted by Gasteiger charge is -2.26. The molecule has 194 valence electrons. The van der Waals surface area contributed by atoms with Gasteiger partial charge in [-0.2, -0.15) is 5.10 Å². The van der Waals surface area contributed by atoms with Crippen molar-refractivity contribution in [3.8, 4) is 21.8 Å². The summed E-state index contributed by atoms with van der Waals surface area (Å²) < 4.78 is 1.69. The number of nitrogens with zero attached hydrogens (tertiary/aromatic N) is 5. The molecule has 0 saturated heterocycles. The van der Waals surface area contributed by atoms with Crippen LogP contribution in [0.2, 0.25) is 0 Å². The van der Waals surface area contributed by atoms with Crippen LogP contribution in [0.15, 0.2) is 48.1 Å². The fourth-order valence-electron chi connectivity index (χ4n) is 4.34. The van der Waals surface area contributed by atoms with Crippen LogP contribution < -0.4 is 10.6 Å². The third-order valence-electron chi connectivity index (χ3n) is 6.37. The van der Waals surface area contributed by atoms with Gasteiger partial charge in [0.25, 0.3) is 0 Å². The van der Waals surface area contributed by atoms with Crippen LogP contribution >= 0.6 is 11.3 Å². The Morgan fingerprint density at radius 3 is 2.62 bits per heavy atom. The van der Waals surface area contributed by atoms with Gasteiger partial charge in [-0.3, -0.25) is 10.1 Å². The molecule has 0 saturated carbocycles. The van der Waals surface area contributed by atoms with Gasteiger partial charge in [0.1, 0.15) is 5.82 Å². The summed E-state index contributed by atoms with van der Waals surface area (Å²) in [7, 11) is 0. The lowest BCUT2D eigenvalue weighted by atomic mass is 10.0. The van der Waals surface area contributed by atoms with Crippen molar-refractivity contribution in [2.45, 2.75) is 46.6 Å². The minimum Gasteiger partial charge on any atom is -0.338 e. The number of aromatic nitrogens is 4. The summed E-state index contributed by atoms with van der Waals surface area (Å²) in [6.45, 7) is 10.6. The highest BCUT2D eigenvalue weighted by Crippen LogP contribution is 2.28. The molecule has 0 fully saturated rings. The number of rotatable bonds is 11. The van der Waals surface area contributed by atoms with Crippen molar-refractivity contribution in [1.29, 1.82) is 0 Å². The second-order valence-electron chi connectivity index (χ2n) is 8.76. The molecule has 2 amide bonds. The molecule has 2 N–H and O–H groups in total. The smallest absolute Gasteiger partial charge is 0.320 e. The summed E-state index contributed by atoms with van der Waals surface area (Å²) in [5.41, 5.74) is 3.17. The molecule has 0 unspecified atom stereocenters. The first-order chi connectivity index (χ1) is 17.9. The Morgan fingerprint density at radius 1 is 1.11 bits per heavy atom. The zero-order valence-electron chi connectivity index (χ0n) is 21.7. The van der Waals surface area contributed by atoms with Crippen LogP contribution in [-0.4, -0.2) is 62.0 Å². The predicted molar refractivity (Wildman–Crippen MR) is 148 cm³/mol. The number of amides is 2. The number of ketones is 1. The van der Waals surface area contributed by atoms with E-state index in [1.54, 1.807) is 34.2 Å². The topological polar surface area (TPSA) is 105 Å². The highest BCUT2D eigenvalue weighted by molar-refractivity contribution is 7.13. The molecule has 0 aromatic carbocycles. The first-order valence-corrected chi connectivity index (χ1v) is 13.5. The predicted octanol–water partition coefficient (Wildman–Crippen LogP) is 5.35. The Balaban J connectivity index is 1.69. The average molecular weight is 520 g/mol. The zero-order chi connectivity index (χ0) is 26.4. The molecule has 0 aliphatic rings. The van der Waals surface area contributed by atoms with Crippen LogP contribution in [0.3, 0.4) is 0 Å². The first-order valence-electron chi connectivity index (χ1n) is 12.7. The number of nitrogens with one attached hydrogen (secondary N) is 2. The second-order valence-corrected chi connectivity index (χ2v) is 9.71. The van der Waals surface area contributed by atoms with Crippen molar-refractivity contribution >= 4 is 34.6 Å². The standard InChI is InChI=1S/C27H33N7O2S/c1-5-28-27(36)32-25-16-19(23(35)11-10-18(4)33(6-2)7-3)15-22(30-25)20-17-29-34-13-12-21(31-26(20)34)24-9-8-14-37-24/h8-9,12-18H,5-7,10-11H2,1-4H3,(H2,28,30,32,36)/t18-/m0/s1. The maximum atomic E-state index is 13.3. The van der Waals surface area contributed by atoms with Gasteiger partial charge in [0.15, 0.2) is 11.4 Å². The maximum absolute atomic E-state index is 13.3. The van der Waals surface area contributed by atoms with Crippen molar-refractivity contribution in [3.05, 3.63) is 53.7 Å². The van der Waals surface area contributed by atoms with Crippen molar-refractivity contribution in [1.82, 2.24) is 29.8 Å². The van der Waals surface area contributed by atoms with Crippen LogP contribution in [0.4, 0.5) is 10.6 Å². The minimum atomic E-state index is -0.376. The van der Waals surface area contributed by atoms with Gasteiger partial charge in [-0.15, -0.1) is 11.3 Å². The van der Waals surface area contributed by atoms with Crippen LogP contribution in [0.25, 0.3) is 27.5 Å². The average Bonchev–Trinajstić information content (AvgIpc) is 3.58. The monoisotopic (exact) mass is 519 g/mol. The van der Waals surface area contributed by atoms with E-state index in [9.17, 15) is 9.59 Å². The Labute approximate surface area is 220 Å². The summed E-state index contributed by atoms with van der Waals surface area (Å²) in [6.07, 6.45) is 4.70. The molecule has 0 radical (unpaired) electrons. The molecule has 4 rings (SSSR count). The van der Waals surface area contributed by atoms with Crippen molar-refractivity contribution in [2.75, 3.05) is 25.0 Å². The van der Waals surface area contributed by atoms with Gasteiger partial charge >= 0.3 is 6.03 Å². The van der Waals surface area contributed by atoms with Crippen molar-refractivity contribution < 1.29 is 9.59 Å². The van der Waals surface area contributed by atoms with E-state index < -0.39 is 0 Å². The number of anilines is 1. The molecule has 0 aliphatic carbocycles. The number of fused-ring (bicyclic) bond motifs is 1. The van der Waals surface area contributed by atoms with E-state index in [1.807, 2.05) is 36.7 Å². The van der Waals surface area contributed by atoms with Crippen molar-refractivity contribution in [2.24, 2.45) is 0 Å². The van der Waals surface area contributed by atoms with E-state index >= 15 is 0 Å². The lowest BCUT2D eigenvalue weighted by Crippen LogP contribution is -2.33. The Kier molecular flexibility index (Phi) is 8.62. The fraction of sp³-hybridized carbons (Fsp3) is 0.370.